The summed E-state index contributed by atoms with van der Waals surface area (Å²) in [4.78, 5) is 27.8. The molecule has 0 spiro atoms. The van der Waals surface area contributed by atoms with Crippen molar-refractivity contribution in [3.05, 3.63) is 0 Å². The van der Waals surface area contributed by atoms with Crippen molar-refractivity contribution in [3.63, 3.8) is 0 Å². The zero-order valence-corrected chi connectivity index (χ0v) is 14.9. The van der Waals surface area contributed by atoms with Crippen molar-refractivity contribution in [3.8, 4) is 0 Å². The van der Waals surface area contributed by atoms with Gasteiger partial charge in [-0.05, 0) is 47.1 Å². The predicted octanol–water partition coefficient (Wildman–Crippen LogP) is 1.54. The Hall–Kier alpha value is -1.83. The van der Waals surface area contributed by atoms with E-state index in [9.17, 15) is 14.7 Å². The van der Waals surface area contributed by atoms with E-state index in [-0.39, 0.29) is 12.5 Å². The fourth-order valence-electron chi connectivity index (χ4n) is 2.29. The first-order valence-corrected chi connectivity index (χ1v) is 8.33. The van der Waals surface area contributed by atoms with Gasteiger partial charge >= 0.3 is 12.1 Å². The number of aliphatic imine (C=N–C) groups is 1. The predicted molar refractivity (Wildman–Crippen MR) is 90.4 cm³/mol. The molecule has 1 aliphatic rings. The van der Waals surface area contributed by atoms with Gasteiger partial charge in [0.2, 0.25) is 0 Å². The first kappa shape index (κ1) is 20.2. The van der Waals surface area contributed by atoms with E-state index in [4.69, 9.17) is 9.47 Å². The van der Waals surface area contributed by atoms with Crippen LogP contribution in [0.15, 0.2) is 4.99 Å². The van der Waals surface area contributed by atoms with Crippen LogP contribution in [0.2, 0.25) is 0 Å². The van der Waals surface area contributed by atoms with Crippen LogP contribution in [0.25, 0.3) is 0 Å². The first-order valence-electron chi connectivity index (χ1n) is 8.33. The Morgan fingerprint density at radius 2 is 2.12 bits per heavy atom. The van der Waals surface area contributed by atoms with Gasteiger partial charge in [-0.1, -0.05) is 0 Å². The van der Waals surface area contributed by atoms with Gasteiger partial charge in [0.1, 0.15) is 11.6 Å². The van der Waals surface area contributed by atoms with E-state index in [0.717, 1.165) is 25.9 Å². The van der Waals surface area contributed by atoms with Crippen LogP contribution in [0, 0.1) is 0 Å². The summed E-state index contributed by atoms with van der Waals surface area (Å²) < 4.78 is 10.6. The standard InChI is InChI=1S/C16H29N3O5/c1-5-23-13(18-11-7-6-8-17-10-11)9-12(14(20)21)19-15(22)24-16(2,3)4/h11-12,17H,5-10H2,1-4H3,(H,19,22)(H,20,21)/t11?,12-/m0/s1. The SMILES string of the molecule is CCOC(C[C@H](NC(=O)OC(C)(C)C)C(=O)O)=NC1CCCNC1. The molecule has 138 valence electrons. The Kier molecular flexibility index (Phi) is 7.97. The lowest BCUT2D eigenvalue weighted by Gasteiger charge is -2.23. The number of amides is 1. The largest absolute Gasteiger partial charge is 0.481 e. The quantitative estimate of drug-likeness (QED) is 0.498. The van der Waals surface area contributed by atoms with Crippen molar-refractivity contribution < 1.29 is 24.2 Å². The molecule has 8 heteroatoms. The topological polar surface area (TPSA) is 109 Å². The normalized spacial score (nSPS) is 20.2. The van der Waals surface area contributed by atoms with Gasteiger partial charge in [0.05, 0.1) is 19.1 Å². The maximum atomic E-state index is 11.8. The second-order valence-electron chi connectivity index (χ2n) is 6.70. The minimum Gasteiger partial charge on any atom is -0.481 e. The molecule has 24 heavy (non-hydrogen) atoms. The van der Waals surface area contributed by atoms with E-state index in [1.807, 2.05) is 6.92 Å². The minimum atomic E-state index is -1.16. The molecule has 0 bridgehead atoms. The number of piperidine rings is 1. The molecule has 8 nitrogen and oxygen atoms in total. The van der Waals surface area contributed by atoms with Gasteiger partial charge in [0.15, 0.2) is 5.90 Å². The summed E-state index contributed by atoms with van der Waals surface area (Å²) in [5.41, 5.74) is -0.697. The van der Waals surface area contributed by atoms with Gasteiger partial charge in [0, 0.05) is 6.54 Å². The summed E-state index contributed by atoms with van der Waals surface area (Å²) in [6, 6.07) is -1.09. The maximum absolute atomic E-state index is 11.8. The van der Waals surface area contributed by atoms with Gasteiger partial charge in [0.25, 0.3) is 0 Å². The summed E-state index contributed by atoms with van der Waals surface area (Å²) in [7, 11) is 0. The van der Waals surface area contributed by atoms with E-state index < -0.39 is 23.7 Å². The zero-order chi connectivity index (χ0) is 18.2. The lowest BCUT2D eigenvalue weighted by atomic mass is 10.1. The Balaban J connectivity index is 2.72. The molecule has 1 amide bonds. The Morgan fingerprint density at radius 1 is 1.42 bits per heavy atom. The second kappa shape index (κ2) is 9.46. The van der Waals surface area contributed by atoms with Gasteiger partial charge in [-0.25, -0.2) is 9.59 Å². The molecule has 0 aliphatic carbocycles. The third-order valence-electron chi connectivity index (χ3n) is 3.28. The molecular weight excluding hydrogens is 314 g/mol. The highest BCUT2D eigenvalue weighted by molar-refractivity contribution is 5.87. The van der Waals surface area contributed by atoms with Crippen molar-refractivity contribution in [1.29, 1.82) is 0 Å². The van der Waals surface area contributed by atoms with Gasteiger partial charge in [-0.15, -0.1) is 0 Å². The molecule has 0 saturated carbocycles. The van der Waals surface area contributed by atoms with Crippen LogP contribution >= 0.6 is 0 Å². The minimum absolute atomic E-state index is 0.0150. The van der Waals surface area contributed by atoms with E-state index >= 15 is 0 Å². The van der Waals surface area contributed by atoms with Gasteiger partial charge in [-0.2, -0.15) is 0 Å². The summed E-state index contributed by atoms with van der Waals surface area (Å²) in [6.45, 7) is 9.05. The molecule has 1 fully saturated rings. The summed E-state index contributed by atoms with van der Waals surface area (Å²) >= 11 is 0. The molecular formula is C16H29N3O5. The van der Waals surface area contributed by atoms with Crippen LogP contribution in [-0.2, 0) is 14.3 Å². The van der Waals surface area contributed by atoms with E-state index in [1.165, 1.54) is 0 Å². The lowest BCUT2D eigenvalue weighted by molar-refractivity contribution is -0.139. The molecule has 0 aromatic carbocycles. The fourth-order valence-corrected chi connectivity index (χ4v) is 2.29. The van der Waals surface area contributed by atoms with Crippen molar-refractivity contribution in [1.82, 2.24) is 10.6 Å². The number of rotatable bonds is 6. The molecule has 2 atom stereocenters. The molecule has 1 saturated heterocycles. The van der Waals surface area contributed by atoms with Crippen molar-refractivity contribution in [2.24, 2.45) is 4.99 Å². The molecule has 1 unspecified atom stereocenters. The first-order chi connectivity index (χ1) is 11.2. The molecule has 1 rings (SSSR count). The summed E-state index contributed by atoms with van der Waals surface area (Å²) in [6.07, 6.45) is 1.16. The van der Waals surface area contributed by atoms with Crippen LogP contribution < -0.4 is 10.6 Å². The molecule has 1 aliphatic heterocycles. The average molecular weight is 343 g/mol. The number of nitrogens with one attached hydrogen (secondary N) is 2. The summed E-state index contributed by atoms with van der Waals surface area (Å²) in [5.74, 6) is -0.815. The lowest BCUT2D eigenvalue weighted by Crippen LogP contribution is -2.45. The van der Waals surface area contributed by atoms with Crippen LogP contribution in [0.3, 0.4) is 0 Å². The Morgan fingerprint density at radius 3 is 2.62 bits per heavy atom. The Labute approximate surface area is 143 Å². The number of carboxylic acid groups (broad SMARTS) is 1. The number of carbonyl (C=O) groups excluding carboxylic acids is 1. The molecule has 0 aromatic heterocycles. The van der Waals surface area contributed by atoms with Crippen LogP contribution in [0.4, 0.5) is 4.79 Å². The number of alkyl carbamates (subject to hydrolysis) is 1. The zero-order valence-electron chi connectivity index (χ0n) is 14.9. The van der Waals surface area contributed by atoms with Crippen LogP contribution in [0.1, 0.15) is 47.0 Å². The highest BCUT2D eigenvalue weighted by Gasteiger charge is 2.26. The average Bonchev–Trinajstić information content (AvgIpc) is 2.45. The number of carbonyl (C=O) groups is 2. The smallest absolute Gasteiger partial charge is 0.408 e. The van der Waals surface area contributed by atoms with Gasteiger partial charge < -0.3 is 25.2 Å². The van der Waals surface area contributed by atoms with Crippen molar-refractivity contribution in [2.45, 2.75) is 64.6 Å². The van der Waals surface area contributed by atoms with E-state index in [2.05, 4.69) is 15.6 Å². The third kappa shape index (κ3) is 8.14. The number of ether oxygens (including phenoxy) is 2. The molecule has 1 heterocycles. The van der Waals surface area contributed by atoms with Gasteiger partial charge in [-0.3, -0.25) is 4.99 Å². The van der Waals surface area contributed by atoms with Crippen molar-refractivity contribution >= 4 is 18.0 Å². The van der Waals surface area contributed by atoms with E-state index in [1.54, 1.807) is 20.8 Å². The monoisotopic (exact) mass is 343 g/mol. The van der Waals surface area contributed by atoms with Crippen molar-refractivity contribution in [2.75, 3.05) is 19.7 Å². The fraction of sp³-hybridized carbons (Fsp3) is 0.812. The molecule has 3 N–H and O–H groups in total. The summed E-state index contributed by atoms with van der Waals surface area (Å²) in [5, 5.41) is 15.0. The number of nitrogens with zero attached hydrogens (tertiary/aromatic N) is 1. The van der Waals surface area contributed by atoms with E-state index in [0.29, 0.717) is 12.5 Å². The number of hydrogen-bond acceptors (Lipinski definition) is 6. The number of carboxylic acids is 1. The highest BCUT2D eigenvalue weighted by atomic mass is 16.6. The number of aliphatic carboxylic acids is 1. The number of hydrogen-bond donors (Lipinski definition) is 3. The Bertz CT molecular complexity index is 453. The third-order valence-corrected chi connectivity index (χ3v) is 3.28. The second-order valence-corrected chi connectivity index (χ2v) is 6.70. The van der Waals surface area contributed by atoms with Crippen LogP contribution in [0.5, 0.6) is 0 Å². The molecule has 0 radical (unpaired) electrons. The highest BCUT2D eigenvalue weighted by Crippen LogP contribution is 2.10. The maximum Gasteiger partial charge on any atom is 0.408 e. The molecule has 0 aromatic rings. The van der Waals surface area contributed by atoms with Crippen LogP contribution in [-0.4, -0.2) is 60.4 Å².